The number of hydrogen-bond donors (Lipinski definition) is 2. The highest BCUT2D eigenvalue weighted by atomic mass is 16.5. The Morgan fingerprint density at radius 2 is 2.06 bits per heavy atom. The van der Waals surface area contributed by atoms with E-state index < -0.39 is 5.91 Å². The van der Waals surface area contributed by atoms with E-state index in [1.54, 1.807) is 12.3 Å². The molecule has 0 bridgehead atoms. The SMILES string of the molecule is NC(=O)c1cnccc1OC1CCC(N)CC1. The van der Waals surface area contributed by atoms with E-state index in [9.17, 15) is 4.79 Å². The minimum absolute atomic E-state index is 0.121. The molecule has 1 saturated carbocycles. The second kappa shape index (κ2) is 5.14. The molecule has 2 rings (SSSR count). The van der Waals surface area contributed by atoms with Crippen molar-refractivity contribution in [3.05, 3.63) is 24.0 Å². The summed E-state index contributed by atoms with van der Waals surface area (Å²) in [6, 6.07) is 1.96. The van der Waals surface area contributed by atoms with Crippen LogP contribution < -0.4 is 16.2 Å². The fourth-order valence-electron chi connectivity index (χ4n) is 2.06. The number of pyridine rings is 1. The quantitative estimate of drug-likeness (QED) is 0.811. The molecule has 1 heterocycles. The van der Waals surface area contributed by atoms with Gasteiger partial charge < -0.3 is 16.2 Å². The molecule has 0 saturated heterocycles. The van der Waals surface area contributed by atoms with Crippen LogP contribution in [0.15, 0.2) is 18.5 Å². The lowest BCUT2D eigenvalue weighted by atomic mass is 9.93. The molecule has 5 heteroatoms. The van der Waals surface area contributed by atoms with Gasteiger partial charge in [0, 0.05) is 18.4 Å². The minimum Gasteiger partial charge on any atom is -0.489 e. The zero-order valence-corrected chi connectivity index (χ0v) is 9.63. The van der Waals surface area contributed by atoms with Gasteiger partial charge in [0.1, 0.15) is 5.75 Å². The molecular formula is C12H17N3O2. The number of rotatable bonds is 3. The van der Waals surface area contributed by atoms with E-state index in [0.717, 1.165) is 25.7 Å². The molecule has 0 atom stereocenters. The number of hydrogen-bond acceptors (Lipinski definition) is 4. The molecular weight excluding hydrogens is 218 g/mol. The molecule has 1 fully saturated rings. The number of nitrogens with zero attached hydrogens (tertiary/aromatic N) is 1. The predicted molar refractivity (Wildman–Crippen MR) is 63.6 cm³/mol. The van der Waals surface area contributed by atoms with Crippen LogP contribution in [0.2, 0.25) is 0 Å². The van der Waals surface area contributed by atoms with Gasteiger partial charge in [-0.2, -0.15) is 0 Å². The van der Waals surface area contributed by atoms with Gasteiger partial charge in [0.05, 0.1) is 11.7 Å². The normalized spacial score (nSPS) is 24.3. The first-order valence-corrected chi connectivity index (χ1v) is 5.83. The molecule has 0 aromatic carbocycles. The molecule has 1 aliphatic carbocycles. The van der Waals surface area contributed by atoms with E-state index in [2.05, 4.69) is 4.98 Å². The van der Waals surface area contributed by atoms with Crippen molar-refractivity contribution in [1.29, 1.82) is 0 Å². The Bertz CT molecular complexity index is 400. The van der Waals surface area contributed by atoms with Gasteiger partial charge >= 0.3 is 0 Å². The van der Waals surface area contributed by atoms with Gasteiger partial charge in [0.25, 0.3) is 5.91 Å². The van der Waals surface area contributed by atoms with Gasteiger partial charge in [-0.3, -0.25) is 9.78 Å². The van der Waals surface area contributed by atoms with Crippen molar-refractivity contribution < 1.29 is 9.53 Å². The first kappa shape index (κ1) is 11.9. The Morgan fingerprint density at radius 3 is 2.71 bits per heavy atom. The molecule has 4 N–H and O–H groups in total. The molecule has 0 radical (unpaired) electrons. The summed E-state index contributed by atoms with van der Waals surface area (Å²) in [5.41, 5.74) is 11.4. The molecule has 0 spiro atoms. The zero-order chi connectivity index (χ0) is 12.3. The summed E-state index contributed by atoms with van der Waals surface area (Å²) < 4.78 is 5.80. The maximum Gasteiger partial charge on any atom is 0.254 e. The van der Waals surface area contributed by atoms with Crippen LogP contribution in [0.4, 0.5) is 0 Å². The second-order valence-corrected chi connectivity index (χ2v) is 4.39. The van der Waals surface area contributed by atoms with Crippen molar-refractivity contribution in [3.8, 4) is 5.75 Å². The average molecular weight is 235 g/mol. The van der Waals surface area contributed by atoms with E-state index >= 15 is 0 Å². The third-order valence-corrected chi connectivity index (χ3v) is 3.06. The van der Waals surface area contributed by atoms with E-state index in [1.807, 2.05) is 0 Å². The number of amides is 1. The van der Waals surface area contributed by atoms with Crippen molar-refractivity contribution in [2.45, 2.75) is 37.8 Å². The molecule has 92 valence electrons. The Hall–Kier alpha value is -1.62. The van der Waals surface area contributed by atoms with Crippen LogP contribution in [0, 0.1) is 0 Å². The van der Waals surface area contributed by atoms with Crippen LogP contribution in [0.25, 0.3) is 0 Å². The van der Waals surface area contributed by atoms with Crippen LogP contribution in [0.5, 0.6) is 5.75 Å². The maximum absolute atomic E-state index is 11.2. The number of primary amides is 1. The average Bonchev–Trinajstić information content (AvgIpc) is 2.32. The highest BCUT2D eigenvalue weighted by Crippen LogP contribution is 2.24. The minimum atomic E-state index is -0.513. The van der Waals surface area contributed by atoms with Crippen LogP contribution in [-0.2, 0) is 0 Å². The lowest BCUT2D eigenvalue weighted by molar-refractivity contribution is 0.0986. The largest absolute Gasteiger partial charge is 0.489 e. The first-order chi connectivity index (χ1) is 8.16. The molecule has 0 unspecified atom stereocenters. The standard InChI is InChI=1S/C12H17N3O2/c13-8-1-3-9(4-2-8)17-11-5-6-15-7-10(11)12(14)16/h5-9H,1-4,13H2,(H2,14,16). The van der Waals surface area contributed by atoms with Crippen molar-refractivity contribution in [2.75, 3.05) is 0 Å². The highest BCUT2D eigenvalue weighted by molar-refractivity contribution is 5.95. The van der Waals surface area contributed by atoms with Gasteiger partial charge in [-0.25, -0.2) is 0 Å². The smallest absolute Gasteiger partial charge is 0.254 e. The van der Waals surface area contributed by atoms with Crippen molar-refractivity contribution in [3.63, 3.8) is 0 Å². The first-order valence-electron chi connectivity index (χ1n) is 5.83. The summed E-state index contributed by atoms with van der Waals surface area (Å²) in [6.45, 7) is 0. The second-order valence-electron chi connectivity index (χ2n) is 4.39. The Morgan fingerprint density at radius 1 is 1.35 bits per heavy atom. The fourth-order valence-corrected chi connectivity index (χ4v) is 2.06. The molecule has 1 aliphatic rings. The van der Waals surface area contributed by atoms with Gasteiger partial charge in [-0.1, -0.05) is 0 Å². The van der Waals surface area contributed by atoms with E-state index in [-0.39, 0.29) is 12.1 Å². The predicted octanol–water partition coefficient (Wildman–Crippen LogP) is 0.829. The van der Waals surface area contributed by atoms with Crippen LogP contribution >= 0.6 is 0 Å². The zero-order valence-electron chi connectivity index (χ0n) is 9.63. The molecule has 5 nitrogen and oxygen atoms in total. The summed E-state index contributed by atoms with van der Waals surface area (Å²) >= 11 is 0. The molecule has 1 aromatic heterocycles. The Labute approximate surface area is 100 Å². The molecule has 1 amide bonds. The fraction of sp³-hybridized carbons (Fsp3) is 0.500. The van der Waals surface area contributed by atoms with Crippen molar-refractivity contribution in [1.82, 2.24) is 4.98 Å². The Kier molecular flexibility index (Phi) is 3.58. The number of carbonyl (C=O) groups excluding carboxylic acids is 1. The number of ether oxygens (including phenoxy) is 1. The van der Waals surface area contributed by atoms with E-state index in [1.165, 1.54) is 6.20 Å². The Balaban J connectivity index is 2.05. The van der Waals surface area contributed by atoms with Crippen molar-refractivity contribution in [2.24, 2.45) is 11.5 Å². The third kappa shape index (κ3) is 2.94. The lowest BCUT2D eigenvalue weighted by Crippen LogP contribution is -2.32. The topological polar surface area (TPSA) is 91.2 Å². The summed E-state index contributed by atoms with van der Waals surface area (Å²) in [6.07, 6.45) is 6.91. The van der Waals surface area contributed by atoms with Crippen molar-refractivity contribution >= 4 is 5.91 Å². The monoisotopic (exact) mass is 235 g/mol. The molecule has 1 aromatic rings. The molecule has 0 aliphatic heterocycles. The third-order valence-electron chi connectivity index (χ3n) is 3.06. The van der Waals surface area contributed by atoms with Gasteiger partial charge in [0.2, 0.25) is 0 Å². The highest BCUT2D eigenvalue weighted by Gasteiger charge is 2.21. The van der Waals surface area contributed by atoms with Gasteiger partial charge in [-0.15, -0.1) is 0 Å². The van der Waals surface area contributed by atoms with Crippen LogP contribution in [-0.4, -0.2) is 23.0 Å². The van der Waals surface area contributed by atoms with E-state index in [4.69, 9.17) is 16.2 Å². The summed E-state index contributed by atoms with van der Waals surface area (Å²) in [7, 11) is 0. The summed E-state index contributed by atoms with van der Waals surface area (Å²) in [4.78, 5) is 15.1. The summed E-state index contributed by atoms with van der Waals surface area (Å²) in [5, 5.41) is 0. The molecule has 17 heavy (non-hydrogen) atoms. The number of aromatic nitrogens is 1. The van der Waals surface area contributed by atoms with Crippen LogP contribution in [0.1, 0.15) is 36.0 Å². The van der Waals surface area contributed by atoms with Gasteiger partial charge in [-0.05, 0) is 31.7 Å². The number of nitrogens with two attached hydrogens (primary N) is 2. The maximum atomic E-state index is 11.2. The number of carbonyl (C=O) groups is 1. The lowest BCUT2D eigenvalue weighted by Gasteiger charge is -2.27. The van der Waals surface area contributed by atoms with Gasteiger partial charge in [0.15, 0.2) is 0 Å². The van der Waals surface area contributed by atoms with Crippen LogP contribution in [0.3, 0.4) is 0 Å². The summed E-state index contributed by atoms with van der Waals surface area (Å²) in [5.74, 6) is 0.00795. The van der Waals surface area contributed by atoms with E-state index in [0.29, 0.717) is 11.3 Å².